The predicted molar refractivity (Wildman–Crippen MR) is 96.8 cm³/mol. The Balaban J connectivity index is 1.60. The van der Waals surface area contributed by atoms with E-state index in [0.717, 1.165) is 29.3 Å². The lowest BCUT2D eigenvalue weighted by Crippen LogP contribution is -2.14. The fourth-order valence-corrected chi connectivity index (χ4v) is 2.86. The minimum absolute atomic E-state index is 0.0993. The van der Waals surface area contributed by atoms with Crippen molar-refractivity contribution in [3.05, 3.63) is 70.7 Å². The van der Waals surface area contributed by atoms with Gasteiger partial charge < -0.3 is 14.3 Å². The van der Waals surface area contributed by atoms with E-state index in [0.29, 0.717) is 18.0 Å². The zero-order valence-electron chi connectivity index (χ0n) is 14.2. The van der Waals surface area contributed by atoms with Crippen LogP contribution in [0, 0.1) is 12.8 Å². The summed E-state index contributed by atoms with van der Waals surface area (Å²) >= 11 is 0. The lowest BCUT2D eigenvalue weighted by molar-refractivity contribution is 0.301. The van der Waals surface area contributed by atoms with Crippen molar-refractivity contribution in [2.45, 2.75) is 26.3 Å². The van der Waals surface area contributed by atoms with Gasteiger partial charge in [-0.15, -0.1) is 0 Å². The van der Waals surface area contributed by atoms with E-state index in [1.807, 2.05) is 47.9 Å². The molecule has 0 bridgehead atoms. The summed E-state index contributed by atoms with van der Waals surface area (Å²) in [5, 5.41) is 0. The summed E-state index contributed by atoms with van der Waals surface area (Å²) in [6, 6.07) is 11.6. The van der Waals surface area contributed by atoms with E-state index in [2.05, 4.69) is 9.97 Å². The summed E-state index contributed by atoms with van der Waals surface area (Å²) < 4.78 is 7.93. The van der Waals surface area contributed by atoms with Crippen molar-refractivity contribution >= 4 is 0 Å². The molecule has 0 aliphatic heterocycles. The van der Waals surface area contributed by atoms with E-state index in [1.165, 1.54) is 12.8 Å². The van der Waals surface area contributed by atoms with E-state index in [4.69, 9.17) is 4.74 Å². The van der Waals surface area contributed by atoms with Gasteiger partial charge in [0.25, 0.3) is 5.56 Å². The molecule has 0 amide bonds. The van der Waals surface area contributed by atoms with Gasteiger partial charge in [0.1, 0.15) is 5.75 Å². The molecule has 5 nitrogen and oxygen atoms in total. The van der Waals surface area contributed by atoms with Crippen LogP contribution in [0.25, 0.3) is 11.1 Å². The Morgan fingerprint density at radius 3 is 2.76 bits per heavy atom. The molecule has 1 aromatic carbocycles. The number of ether oxygens (including phenoxy) is 1. The smallest absolute Gasteiger partial charge is 0.256 e. The molecule has 0 unspecified atom stereocenters. The average molecular weight is 335 g/mol. The van der Waals surface area contributed by atoms with Gasteiger partial charge in [-0.25, -0.2) is 4.98 Å². The second-order valence-electron chi connectivity index (χ2n) is 6.64. The molecule has 0 atom stereocenters. The van der Waals surface area contributed by atoms with E-state index in [-0.39, 0.29) is 5.56 Å². The first kappa shape index (κ1) is 15.7. The standard InChI is InChI=1S/C20H21N3O2/c1-14-10-21-13-23(14)11-16-8-9-18(20(24)22-16)17-4-2-3-5-19(17)25-12-15-6-7-15/h2-5,8-10,13,15H,6-7,11-12H2,1H3,(H,22,24). The van der Waals surface area contributed by atoms with Gasteiger partial charge in [0.2, 0.25) is 0 Å². The molecular formula is C20H21N3O2. The molecule has 2 aromatic heterocycles. The average Bonchev–Trinajstić information content (AvgIpc) is 3.36. The molecule has 0 radical (unpaired) electrons. The van der Waals surface area contributed by atoms with Crippen molar-refractivity contribution < 1.29 is 4.74 Å². The first-order valence-corrected chi connectivity index (χ1v) is 8.62. The van der Waals surface area contributed by atoms with Crippen LogP contribution in [0.4, 0.5) is 0 Å². The van der Waals surface area contributed by atoms with Crippen LogP contribution in [0.3, 0.4) is 0 Å². The SMILES string of the molecule is Cc1cncn1Cc1ccc(-c2ccccc2OCC2CC2)c(=O)[nH]1. The zero-order chi connectivity index (χ0) is 17.2. The Morgan fingerprint density at radius 1 is 1.20 bits per heavy atom. The van der Waals surface area contributed by atoms with E-state index < -0.39 is 0 Å². The number of pyridine rings is 1. The highest BCUT2D eigenvalue weighted by atomic mass is 16.5. The number of rotatable bonds is 6. The zero-order valence-corrected chi connectivity index (χ0v) is 14.2. The van der Waals surface area contributed by atoms with Crippen molar-refractivity contribution in [2.24, 2.45) is 5.92 Å². The van der Waals surface area contributed by atoms with Crippen LogP contribution in [-0.2, 0) is 6.54 Å². The van der Waals surface area contributed by atoms with Crippen LogP contribution in [0.15, 0.2) is 53.7 Å². The molecule has 1 N–H and O–H groups in total. The molecule has 3 aromatic rings. The third kappa shape index (κ3) is 3.50. The van der Waals surface area contributed by atoms with Crippen molar-refractivity contribution in [1.29, 1.82) is 0 Å². The predicted octanol–water partition coefficient (Wildman–Crippen LogP) is 3.38. The van der Waals surface area contributed by atoms with Gasteiger partial charge in [-0.05, 0) is 43.9 Å². The minimum atomic E-state index is -0.0993. The maximum atomic E-state index is 12.6. The summed E-state index contributed by atoms with van der Waals surface area (Å²) in [5.41, 5.74) is 3.29. The van der Waals surface area contributed by atoms with E-state index >= 15 is 0 Å². The molecule has 4 rings (SSSR count). The first-order chi connectivity index (χ1) is 12.2. The van der Waals surface area contributed by atoms with Crippen molar-refractivity contribution in [3.63, 3.8) is 0 Å². The van der Waals surface area contributed by atoms with E-state index in [9.17, 15) is 4.79 Å². The Kier molecular flexibility index (Phi) is 4.14. The summed E-state index contributed by atoms with van der Waals surface area (Å²) in [7, 11) is 0. The second kappa shape index (κ2) is 6.59. The lowest BCUT2D eigenvalue weighted by atomic mass is 10.1. The highest BCUT2D eigenvalue weighted by Crippen LogP contribution is 2.32. The van der Waals surface area contributed by atoms with Crippen LogP contribution < -0.4 is 10.3 Å². The molecule has 2 heterocycles. The quantitative estimate of drug-likeness (QED) is 0.751. The normalized spacial score (nSPS) is 13.8. The third-order valence-corrected chi connectivity index (χ3v) is 4.58. The molecule has 25 heavy (non-hydrogen) atoms. The maximum absolute atomic E-state index is 12.6. The van der Waals surface area contributed by atoms with Crippen molar-refractivity contribution in [1.82, 2.24) is 14.5 Å². The van der Waals surface area contributed by atoms with Gasteiger partial charge in [0, 0.05) is 23.1 Å². The van der Waals surface area contributed by atoms with Gasteiger partial charge >= 0.3 is 0 Å². The van der Waals surface area contributed by atoms with Crippen LogP contribution in [0.1, 0.15) is 24.2 Å². The third-order valence-electron chi connectivity index (χ3n) is 4.58. The summed E-state index contributed by atoms with van der Waals surface area (Å²) in [6.45, 7) is 3.32. The number of nitrogens with zero attached hydrogens (tertiary/aromatic N) is 2. The number of nitrogens with one attached hydrogen (secondary N) is 1. The summed E-state index contributed by atoms with van der Waals surface area (Å²) in [6.07, 6.45) is 6.05. The maximum Gasteiger partial charge on any atom is 0.256 e. The fourth-order valence-electron chi connectivity index (χ4n) is 2.86. The van der Waals surface area contributed by atoms with E-state index in [1.54, 1.807) is 12.5 Å². The first-order valence-electron chi connectivity index (χ1n) is 8.62. The molecule has 128 valence electrons. The number of para-hydroxylation sites is 1. The fraction of sp³-hybridized carbons (Fsp3) is 0.300. The number of benzene rings is 1. The molecule has 5 heteroatoms. The lowest BCUT2D eigenvalue weighted by Gasteiger charge is -2.11. The van der Waals surface area contributed by atoms with Crippen LogP contribution >= 0.6 is 0 Å². The molecule has 1 aliphatic carbocycles. The van der Waals surface area contributed by atoms with Gasteiger partial charge in [0.05, 0.1) is 25.0 Å². The van der Waals surface area contributed by atoms with Gasteiger partial charge in [-0.1, -0.05) is 18.2 Å². The summed E-state index contributed by atoms with van der Waals surface area (Å²) in [5.74, 6) is 1.45. The highest BCUT2D eigenvalue weighted by Gasteiger charge is 2.22. The molecular weight excluding hydrogens is 314 g/mol. The van der Waals surface area contributed by atoms with Gasteiger partial charge in [0.15, 0.2) is 0 Å². The molecule has 1 aliphatic rings. The summed E-state index contributed by atoms with van der Waals surface area (Å²) in [4.78, 5) is 19.7. The number of hydrogen-bond acceptors (Lipinski definition) is 3. The van der Waals surface area contributed by atoms with Crippen molar-refractivity contribution in [3.8, 4) is 16.9 Å². The monoisotopic (exact) mass is 335 g/mol. The van der Waals surface area contributed by atoms with Gasteiger partial charge in [-0.3, -0.25) is 4.79 Å². The van der Waals surface area contributed by atoms with Crippen molar-refractivity contribution in [2.75, 3.05) is 6.61 Å². The Bertz CT molecular complexity index is 938. The Labute approximate surface area is 146 Å². The minimum Gasteiger partial charge on any atom is -0.493 e. The Hall–Kier alpha value is -2.82. The number of hydrogen-bond donors (Lipinski definition) is 1. The molecule has 0 saturated heterocycles. The largest absolute Gasteiger partial charge is 0.493 e. The topological polar surface area (TPSA) is 59.9 Å². The molecule has 1 saturated carbocycles. The second-order valence-corrected chi connectivity index (χ2v) is 6.64. The molecule has 0 spiro atoms. The van der Waals surface area contributed by atoms with Crippen LogP contribution in [0.2, 0.25) is 0 Å². The van der Waals surface area contributed by atoms with Crippen LogP contribution in [-0.4, -0.2) is 21.1 Å². The number of aryl methyl sites for hydroxylation is 1. The number of aromatic amines is 1. The molecule has 1 fully saturated rings. The number of aromatic nitrogens is 3. The number of H-pyrrole nitrogens is 1. The van der Waals surface area contributed by atoms with Crippen LogP contribution in [0.5, 0.6) is 5.75 Å². The highest BCUT2D eigenvalue weighted by molar-refractivity contribution is 5.69. The number of imidazole rings is 1. The Morgan fingerprint density at radius 2 is 2.04 bits per heavy atom. The van der Waals surface area contributed by atoms with Gasteiger partial charge in [-0.2, -0.15) is 0 Å².